The molecule has 2 aliphatic rings. The lowest BCUT2D eigenvalue weighted by molar-refractivity contribution is -0.140. The fraction of sp³-hybridized carbons (Fsp3) is 0.875. The third kappa shape index (κ3) is 3.57. The Hall–Kier alpha value is -1.10. The molecule has 2 fully saturated rings. The van der Waals surface area contributed by atoms with Gasteiger partial charge in [0.25, 0.3) is 0 Å². The van der Waals surface area contributed by atoms with Gasteiger partial charge in [-0.3, -0.25) is 14.5 Å². The average molecular weight is 295 g/mol. The van der Waals surface area contributed by atoms with Crippen LogP contribution >= 0.6 is 0 Å². The van der Waals surface area contributed by atoms with Crippen molar-refractivity contribution < 1.29 is 9.59 Å². The van der Waals surface area contributed by atoms with Gasteiger partial charge in [-0.15, -0.1) is 0 Å². The van der Waals surface area contributed by atoms with Crippen molar-refractivity contribution in [3.8, 4) is 0 Å². The molecule has 0 bridgehead atoms. The second-order valence-corrected chi connectivity index (χ2v) is 6.79. The molecule has 0 aromatic carbocycles. The second-order valence-electron chi connectivity index (χ2n) is 6.79. The van der Waals surface area contributed by atoms with Gasteiger partial charge in [0.2, 0.25) is 11.8 Å². The molecule has 0 saturated carbocycles. The van der Waals surface area contributed by atoms with Crippen LogP contribution < -0.4 is 0 Å². The molecule has 0 aliphatic carbocycles. The largest absolute Gasteiger partial charge is 0.347 e. The van der Waals surface area contributed by atoms with E-state index in [4.69, 9.17) is 0 Å². The van der Waals surface area contributed by atoms with Gasteiger partial charge in [0.15, 0.2) is 0 Å². The van der Waals surface area contributed by atoms with Crippen LogP contribution in [0, 0.1) is 0 Å². The van der Waals surface area contributed by atoms with Crippen LogP contribution in [0.25, 0.3) is 0 Å². The van der Waals surface area contributed by atoms with E-state index in [1.807, 2.05) is 4.90 Å². The molecule has 2 rings (SSSR count). The highest BCUT2D eigenvalue weighted by Gasteiger charge is 2.36. The van der Waals surface area contributed by atoms with E-state index >= 15 is 0 Å². The lowest BCUT2D eigenvalue weighted by atomic mass is 9.97. The summed E-state index contributed by atoms with van der Waals surface area (Å²) < 4.78 is 0. The maximum Gasteiger partial charge on any atom is 0.239 e. The van der Waals surface area contributed by atoms with Crippen molar-refractivity contribution in [2.45, 2.75) is 64.1 Å². The maximum atomic E-state index is 12.7. The number of likely N-dealkylation sites (N-methyl/N-ethyl adjacent to an activating group) is 1. The summed E-state index contributed by atoms with van der Waals surface area (Å²) in [5.41, 5.74) is 0. The van der Waals surface area contributed by atoms with Gasteiger partial charge in [-0.05, 0) is 52.5 Å². The van der Waals surface area contributed by atoms with Crippen LogP contribution in [0.4, 0.5) is 0 Å². The number of piperidine rings is 1. The van der Waals surface area contributed by atoms with Gasteiger partial charge in [-0.1, -0.05) is 0 Å². The Labute approximate surface area is 128 Å². The fourth-order valence-electron chi connectivity index (χ4n) is 3.76. The summed E-state index contributed by atoms with van der Waals surface area (Å²) in [4.78, 5) is 30.6. The van der Waals surface area contributed by atoms with Crippen LogP contribution in [0.2, 0.25) is 0 Å². The molecule has 0 aromatic rings. The van der Waals surface area contributed by atoms with E-state index in [9.17, 15) is 9.59 Å². The molecule has 5 nitrogen and oxygen atoms in total. The molecule has 2 heterocycles. The van der Waals surface area contributed by atoms with E-state index in [-0.39, 0.29) is 17.9 Å². The summed E-state index contributed by atoms with van der Waals surface area (Å²) in [6.07, 6.45) is 5.27. The third-order valence-electron chi connectivity index (χ3n) is 4.91. The lowest BCUT2D eigenvalue weighted by Crippen LogP contribution is -2.53. The highest BCUT2D eigenvalue weighted by atomic mass is 16.2. The predicted molar refractivity (Wildman–Crippen MR) is 82.9 cm³/mol. The molecule has 3 atom stereocenters. The van der Waals surface area contributed by atoms with Crippen LogP contribution in [0.5, 0.6) is 0 Å². The molecule has 5 heteroatoms. The number of hydrogen-bond acceptors (Lipinski definition) is 3. The van der Waals surface area contributed by atoms with Crippen LogP contribution in [0.3, 0.4) is 0 Å². The number of carbonyl (C=O) groups is 2. The Kier molecular flexibility index (Phi) is 5.25. The minimum Gasteiger partial charge on any atom is -0.347 e. The van der Waals surface area contributed by atoms with E-state index < -0.39 is 0 Å². The van der Waals surface area contributed by atoms with Crippen LogP contribution in [-0.2, 0) is 9.59 Å². The number of nitrogens with zero attached hydrogens (tertiary/aromatic N) is 3. The van der Waals surface area contributed by atoms with Crippen molar-refractivity contribution in [2.24, 2.45) is 0 Å². The molecule has 2 saturated heterocycles. The fourth-order valence-corrected chi connectivity index (χ4v) is 3.76. The maximum absolute atomic E-state index is 12.7. The first kappa shape index (κ1) is 16.3. The zero-order valence-electron chi connectivity index (χ0n) is 13.8. The van der Waals surface area contributed by atoms with Gasteiger partial charge >= 0.3 is 0 Å². The second kappa shape index (κ2) is 6.77. The lowest BCUT2D eigenvalue weighted by Gasteiger charge is -2.40. The predicted octanol–water partition coefficient (Wildman–Crippen LogP) is 1.33. The summed E-state index contributed by atoms with van der Waals surface area (Å²) in [6, 6.07) is 0.540. The van der Waals surface area contributed by atoms with Gasteiger partial charge in [-0.25, -0.2) is 0 Å². The van der Waals surface area contributed by atoms with Crippen LogP contribution in [0.1, 0.15) is 46.0 Å². The van der Waals surface area contributed by atoms with E-state index in [0.29, 0.717) is 18.6 Å². The number of rotatable bonds is 3. The van der Waals surface area contributed by atoms with Crippen molar-refractivity contribution in [1.29, 1.82) is 0 Å². The van der Waals surface area contributed by atoms with Gasteiger partial charge in [0.1, 0.15) is 0 Å². The summed E-state index contributed by atoms with van der Waals surface area (Å²) >= 11 is 0. The van der Waals surface area contributed by atoms with Gasteiger partial charge in [0, 0.05) is 26.2 Å². The first-order chi connectivity index (χ1) is 9.91. The molecule has 21 heavy (non-hydrogen) atoms. The monoisotopic (exact) mass is 295 g/mol. The summed E-state index contributed by atoms with van der Waals surface area (Å²) in [5, 5.41) is 0. The van der Waals surface area contributed by atoms with Gasteiger partial charge in [-0.2, -0.15) is 0 Å². The van der Waals surface area contributed by atoms with Gasteiger partial charge in [0.05, 0.1) is 12.6 Å². The van der Waals surface area contributed by atoms with Crippen molar-refractivity contribution in [3.05, 3.63) is 0 Å². The molecular formula is C16H29N3O2. The molecule has 120 valence electrons. The SMILES string of the molecule is C[C@@H]1CCC[C@H](C)N1C(=O)CN1CCC[C@H]1C(=O)N(C)C. The Morgan fingerprint density at radius 2 is 1.67 bits per heavy atom. The molecule has 0 aromatic heterocycles. The van der Waals surface area contributed by atoms with Crippen LogP contribution in [0.15, 0.2) is 0 Å². The minimum atomic E-state index is -0.112. The standard InChI is InChI=1S/C16H29N3O2/c1-12-7-5-8-13(2)19(12)15(20)11-18-10-6-9-14(18)16(21)17(3)4/h12-14H,5-11H2,1-4H3/t12-,13+,14-/m0/s1. The Balaban J connectivity index is 1.99. The first-order valence-corrected chi connectivity index (χ1v) is 8.18. The quantitative estimate of drug-likeness (QED) is 0.789. The Morgan fingerprint density at radius 1 is 1.05 bits per heavy atom. The molecule has 2 aliphatic heterocycles. The molecule has 0 radical (unpaired) electrons. The number of carbonyl (C=O) groups excluding carboxylic acids is 2. The van der Waals surface area contributed by atoms with E-state index in [1.54, 1.807) is 19.0 Å². The topological polar surface area (TPSA) is 43.9 Å². The molecule has 0 N–H and O–H groups in total. The van der Waals surface area contributed by atoms with Crippen molar-refractivity contribution >= 4 is 11.8 Å². The van der Waals surface area contributed by atoms with E-state index in [1.165, 1.54) is 6.42 Å². The third-order valence-corrected chi connectivity index (χ3v) is 4.91. The summed E-state index contributed by atoms with van der Waals surface area (Å²) in [5.74, 6) is 0.313. The normalized spacial score (nSPS) is 30.5. The first-order valence-electron chi connectivity index (χ1n) is 8.18. The Morgan fingerprint density at radius 3 is 2.24 bits per heavy atom. The van der Waals surface area contributed by atoms with Crippen molar-refractivity contribution in [2.75, 3.05) is 27.2 Å². The smallest absolute Gasteiger partial charge is 0.239 e. The highest BCUT2D eigenvalue weighted by Crippen LogP contribution is 2.24. The molecule has 2 amide bonds. The Bertz CT molecular complexity index is 387. The van der Waals surface area contributed by atoms with Crippen LogP contribution in [-0.4, -0.2) is 71.8 Å². The summed E-state index contributed by atoms with van der Waals surface area (Å²) in [7, 11) is 3.57. The number of amides is 2. The number of likely N-dealkylation sites (tertiary alicyclic amines) is 2. The van der Waals surface area contributed by atoms with Crippen molar-refractivity contribution in [1.82, 2.24) is 14.7 Å². The highest BCUT2D eigenvalue weighted by molar-refractivity contribution is 5.84. The molecular weight excluding hydrogens is 266 g/mol. The molecule has 0 spiro atoms. The summed E-state index contributed by atoms with van der Waals surface area (Å²) in [6.45, 7) is 5.52. The van der Waals surface area contributed by atoms with Crippen molar-refractivity contribution in [3.63, 3.8) is 0 Å². The van der Waals surface area contributed by atoms with E-state index in [0.717, 1.165) is 32.2 Å². The van der Waals surface area contributed by atoms with Gasteiger partial charge < -0.3 is 9.80 Å². The average Bonchev–Trinajstić information content (AvgIpc) is 2.85. The van der Waals surface area contributed by atoms with E-state index in [2.05, 4.69) is 18.7 Å². The number of hydrogen-bond donors (Lipinski definition) is 0. The minimum absolute atomic E-state index is 0.112. The zero-order valence-corrected chi connectivity index (χ0v) is 13.8. The molecule has 0 unspecified atom stereocenters. The zero-order chi connectivity index (χ0) is 15.6.